The molecule has 0 unspecified atom stereocenters. The number of nitrogens with one attached hydrogen (secondary N) is 3. The fourth-order valence-electron chi connectivity index (χ4n) is 4.05. The van der Waals surface area contributed by atoms with Gasteiger partial charge in [-0.1, -0.05) is 0 Å². The van der Waals surface area contributed by atoms with Crippen LogP contribution in [0.15, 0.2) is 24.3 Å². The SMILES string of the molecule is COc1ccc2[nH]c(C(=O)NC3CC(C)(C)NC(C)(C)C3)cc2c1. The van der Waals surface area contributed by atoms with E-state index in [9.17, 15) is 4.79 Å². The van der Waals surface area contributed by atoms with E-state index in [1.54, 1.807) is 7.11 Å². The molecular formula is C19H27N3O2. The highest BCUT2D eigenvalue weighted by molar-refractivity contribution is 5.98. The van der Waals surface area contributed by atoms with E-state index in [0.29, 0.717) is 5.69 Å². The number of carbonyl (C=O) groups is 1. The molecule has 1 aliphatic rings. The van der Waals surface area contributed by atoms with Gasteiger partial charge in [-0.3, -0.25) is 4.79 Å². The Kier molecular flexibility index (Phi) is 4.08. The molecule has 3 N–H and O–H groups in total. The quantitative estimate of drug-likeness (QED) is 0.810. The van der Waals surface area contributed by atoms with Gasteiger partial charge in [-0.15, -0.1) is 0 Å². The van der Waals surface area contributed by atoms with Crippen LogP contribution in [0.3, 0.4) is 0 Å². The molecule has 1 saturated heterocycles. The highest BCUT2D eigenvalue weighted by Gasteiger charge is 2.38. The number of carbonyl (C=O) groups excluding carboxylic acids is 1. The Labute approximate surface area is 143 Å². The predicted octanol–water partition coefficient (Wildman–Crippen LogP) is 3.22. The van der Waals surface area contributed by atoms with Gasteiger partial charge in [0.25, 0.3) is 5.91 Å². The molecule has 2 aromatic rings. The molecule has 0 aliphatic carbocycles. The number of fused-ring (bicyclic) bond motifs is 1. The van der Waals surface area contributed by atoms with Crippen molar-refractivity contribution in [3.63, 3.8) is 0 Å². The third-order valence-corrected chi connectivity index (χ3v) is 4.60. The Morgan fingerprint density at radius 2 is 1.83 bits per heavy atom. The van der Waals surface area contributed by atoms with E-state index in [0.717, 1.165) is 29.5 Å². The van der Waals surface area contributed by atoms with Crippen molar-refractivity contribution in [2.24, 2.45) is 0 Å². The molecule has 24 heavy (non-hydrogen) atoms. The van der Waals surface area contributed by atoms with Crippen molar-refractivity contribution in [1.29, 1.82) is 0 Å². The zero-order chi connectivity index (χ0) is 17.5. The summed E-state index contributed by atoms with van der Waals surface area (Å²) in [5, 5.41) is 7.81. The number of hydrogen-bond acceptors (Lipinski definition) is 3. The second-order valence-electron chi connectivity index (χ2n) is 8.11. The molecule has 1 amide bonds. The normalized spacial score (nSPS) is 20.0. The number of piperidine rings is 1. The van der Waals surface area contributed by atoms with Crippen LogP contribution in [0.2, 0.25) is 0 Å². The van der Waals surface area contributed by atoms with Crippen LogP contribution in [0.5, 0.6) is 5.75 Å². The minimum atomic E-state index is -0.0522. The van der Waals surface area contributed by atoms with E-state index < -0.39 is 0 Å². The van der Waals surface area contributed by atoms with E-state index in [1.165, 1.54) is 0 Å². The summed E-state index contributed by atoms with van der Waals surface area (Å²) < 4.78 is 5.24. The summed E-state index contributed by atoms with van der Waals surface area (Å²) >= 11 is 0. The van der Waals surface area contributed by atoms with Gasteiger partial charge in [0.2, 0.25) is 0 Å². The predicted molar refractivity (Wildman–Crippen MR) is 96.6 cm³/mol. The third kappa shape index (κ3) is 3.56. The first-order valence-corrected chi connectivity index (χ1v) is 8.44. The zero-order valence-corrected chi connectivity index (χ0v) is 15.1. The molecule has 5 heteroatoms. The van der Waals surface area contributed by atoms with Gasteiger partial charge in [0.15, 0.2) is 0 Å². The van der Waals surface area contributed by atoms with Crippen LogP contribution >= 0.6 is 0 Å². The van der Waals surface area contributed by atoms with Crippen LogP contribution in [0.4, 0.5) is 0 Å². The highest BCUT2D eigenvalue weighted by atomic mass is 16.5. The van der Waals surface area contributed by atoms with Crippen molar-refractivity contribution in [2.45, 2.75) is 57.7 Å². The molecule has 1 aliphatic heterocycles. The molecule has 1 fully saturated rings. The van der Waals surface area contributed by atoms with Crippen LogP contribution in [0.1, 0.15) is 51.0 Å². The molecule has 0 atom stereocenters. The fraction of sp³-hybridized carbons (Fsp3) is 0.526. The number of amides is 1. The largest absolute Gasteiger partial charge is 0.497 e. The molecule has 0 spiro atoms. The van der Waals surface area contributed by atoms with Crippen molar-refractivity contribution in [3.8, 4) is 5.75 Å². The number of rotatable bonds is 3. The standard InChI is InChI=1S/C19H27N3O2/c1-18(2)10-13(11-19(3,4)22-18)20-17(23)16-9-12-8-14(24-5)6-7-15(12)21-16/h6-9,13,21-22H,10-11H2,1-5H3,(H,20,23). The molecule has 3 rings (SSSR count). The highest BCUT2D eigenvalue weighted by Crippen LogP contribution is 2.29. The summed E-state index contributed by atoms with van der Waals surface area (Å²) in [4.78, 5) is 15.9. The molecule has 0 bridgehead atoms. The average molecular weight is 329 g/mol. The Hall–Kier alpha value is -2.01. The molecule has 0 saturated carbocycles. The Bertz CT molecular complexity index is 745. The van der Waals surface area contributed by atoms with E-state index >= 15 is 0 Å². The monoisotopic (exact) mass is 329 g/mol. The van der Waals surface area contributed by atoms with Crippen LogP contribution in [-0.2, 0) is 0 Å². The number of aromatic amines is 1. The summed E-state index contributed by atoms with van der Waals surface area (Å²) in [6.45, 7) is 8.73. The Morgan fingerprint density at radius 3 is 2.46 bits per heavy atom. The molecule has 0 radical (unpaired) electrons. The number of aromatic nitrogens is 1. The van der Waals surface area contributed by atoms with Gasteiger partial charge >= 0.3 is 0 Å². The van der Waals surface area contributed by atoms with Crippen LogP contribution in [0.25, 0.3) is 10.9 Å². The average Bonchev–Trinajstić information content (AvgIpc) is 2.86. The smallest absolute Gasteiger partial charge is 0.267 e. The molecule has 2 heterocycles. The number of hydrogen-bond donors (Lipinski definition) is 3. The topological polar surface area (TPSA) is 66.2 Å². The van der Waals surface area contributed by atoms with Crippen LogP contribution < -0.4 is 15.4 Å². The lowest BCUT2D eigenvalue weighted by Gasteiger charge is -2.46. The van der Waals surface area contributed by atoms with Crippen molar-refractivity contribution in [1.82, 2.24) is 15.6 Å². The zero-order valence-electron chi connectivity index (χ0n) is 15.1. The van der Waals surface area contributed by atoms with Gasteiger partial charge in [-0.05, 0) is 64.8 Å². The first-order valence-electron chi connectivity index (χ1n) is 8.44. The maximum Gasteiger partial charge on any atom is 0.267 e. The molecule has 5 nitrogen and oxygen atoms in total. The van der Waals surface area contributed by atoms with Crippen molar-refractivity contribution in [2.75, 3.05) is 7.11 Å². The van der Waals surface area contributed by atoms with Gasteiger partial charge in [-0.25, -0.2) is 0 Å². The third-order valence-electron chi connectivity index (χ3n) is 4.60. The summed E-state index contributed by atoms with van der Waals surface area (Å²) in [5.41, 5.74) is 1.54. The van der Waals surface area contributed by atoms with Gasteiger partial charge < -0.3 is 20.4 Å². The van der Waals surface area contributed by atoms with Crippen molar-refractivity contribution >= 4 is 16.8 Å². The minimum Gasteiger partial charge on any atom is -0.497 e. The molecule has 1 aromatic carbocycles. The first-order chi connectivity index (χ1) is 11.2. The lowest BCUT2D eigenvalue weighted by molar-refractivity contribution is 0.0869. The lowest BCUT2D eigenvalue weighted by Crippen LogP contribution is -2.62. The van der Waals surface area contributed by atoms with Crippen LogP contribution in [-0.4, -0.2) is 35.1 Å². The number of methoxy groups -OCH3 is 1. The maximum atomic E-state index is 12.7. The summed E-state index contributed by atoms with van der Waals surface area (Å²) in [7, 11) is 1.64. The van der Waals surface area contributed by atoms with E-state index in [2.05, 4.69) is 43.3 Å². The number of benzene rings is 1. The number of H-pyrrole nitrogens is 1. The van der Waals surface area contributed by atoms with E-state index in [-0.39, 0.29) is 23.0 Å². The maximum absolute atomic E-state index is 12.7. The lowest BCUT2D eigenvalue weighted by atomic mass is 9.79. The van der Waals surface area contributed by atoms with Gasteiger partial charge in [-0.2, -0.15) is 0 Å². The van der Waals surface area contributed by atoms with Crippen LogP contribution in [0, 0.1) is 0 Å². The number of ether oxygens (including phenoxy) is 1. The molecule has 130 valence electrons. The van der Waals surface area contributed by atoms with Crippen molar-refractivity contribution in [3.05, 3.63) is 30.0 Å². The second kappa shape index (κ2) is 5.81. The van der Waals surface area contributed by atoms with E-state index in [1.807, 2.05) is 24.3 Å². The Morgan fingerprint density at radius 1 is 1.17 bits per heavy atom. The minimum absolute atomic E-state index is 0.00745. The summed E-state index contributed by atoms with van der Waals surface area (Å²) in [5.74, 6) is 0.735. The van der Waals surface area contributed by atoms with Gasteiger partial charge in [0.05, 0.1) is 7.11 Å². The molecular weight excluding hydrogens is 302 g/mol. The van der Waals surface area contributed by atoms with Gasteiger partial charge in [0, 0.05) is 28.0 Å². The van der Waals surface area contributed by atoms with Gasteiger partial charge in [0.1, 0.15) is 11.4 Å². The first kappa shape index (κ1) is 16.8. The Balaban J connectivity index is 1.77. The second-order valence-corrected chi connectivity index (χ2v) is 8.11. The summed E-state index contributed by atoms with van der Waals surface area (Å²) in [6, 6.07) is 7.79. The van der Waals surface area contributed by atoms with E-state index in [4.69, 9.17) is 4.74 Å². The fourth-order valence-corrected chi connectivity index (χ4v) is 4.05. The van der Waals surface area contributed by atoms with Crippen molar-refractivity contribution < 1.29 is 9.53 Å². The summed E-state index contributed by atoms with van der Waals surface area (Å²) in [6.07, 6.45) is 1.83. The molecule has 1 aromatic heterocycles.